The van der Waals surface area contributed by atoms with Crippen LogP contribution in [0.4, 0.5) is 0 Å². The molecule has 0 aromatic carbocycles. The van der Waals surface area contributed by atoms with Crippen LogP contribution in [0.25, 0.3) is 0 Å². The summed E-state index contributed by atoms with van der Waals surface area (Å²) in [6.45, 7) is 8.51. The fourth-order valence-electron chi connectivity index (χ4n) is 3.82. The Kier molecular flexibility index (Phi) is 3.39. The number of allylic oxidation sites excluding steroid dienone is 1. The summed E-state index contributed by atoms with van der Waals surface area (Å²) < 4.78 is 0. The first kappa shape index (κ1) is 13.1. The number of fused-ring (bicyclic) bond motifs is 1. The maximum atomic E-state index is 10.5. The number of rotatable bonds is 1. The lowest BCUT2D eigenvalue weighted by Gasteiger charge is -2.50. The molecule has 5 atom stereocenters. The van der Waals surface area contributed by atoms with Crippen molar-refractivity contribution in [1.29, 1.82) is 0 Å². The molecule has 2 heteroatoms. The topological polar surface area (TPSA) is 40.5 Å². The Bertz CT molecular complexity index is 317. The monoisotopic (exact) mass is 238 g/mol. The van der Waals surface area contributed by atoms with Crippen LogP contribution < -0.4 is 0 Å². The maximum Gasteiger partial charge on any atom is 0.0751 e. The van der Waals surface area contributed by atoms with Crippen molar-refractivity contribution in [2.45, 2.75) is 58.7 Å². The average Bonchev–Trinajstić information content (AvgIpc) is 2.20. The quantitative estimate of drug-likeness (QED) is 0.690. The lowest BCUT2D eigenvalue weighted by Crippen LogP contribution is -2.50. The standard InChI is InChI=1S/C15H26O2/c1-9(2)11-5-6-15(4,17)13-8-14(16)10(3)7-12(11)13/h7,9,11-14,16-17H,5-6,8H2,1-4H3/t11-,12+,13+,14-,15-/m0/s1. The van der Waals surface area contributed by atoms with Crippen molar-refractivity contribution in [1.82, 2.24) is 0 Å². The first-order valence-corrected chi connectivity index (χ1v) is 6.91. The molecule has 1 fully saturated rings. The van der Waals surface area contributed by atoms with Crippen LogP contribution in [0.5, 0.6) is 0 Å². The second-order valence-electron chi connectivity index (χ2n) is 6.65. The van der Waals surface area contributed by atoms with Gasteiger partial charge in [-0.05, 0) is 62.4 Å². The molecule has 98 valence electrons. The normalized spacial score (nSPS) is 46.6. The molecule has 1 saturated carbocycles. The van der Waals surface area contributed by atoms with Gasteiger partial charge in [0.25, 0.3) is 0 Å². The van der Waals surface area contributed by atoms with Gasteiger partial charge in [-0.15, -0.1) is 0 Å². The average molecular weight is 238 g/mol. The maximum absolute atomic E-state index is 10.5. The van der Waals surface area contributed by atoms with Crippen LogP contribution >= 0.6 is 0 Å². The van der Waals surface area contributed by atoms with E-state index in [0.29, 0.717) is 17.8 Å². The van der Waals surface area contributed by atoms with E-state index < -0.39 is 5.60 Å². The minimum Gasteiger partial charge on any atom is -0.390 e. The predicted octanol–water partition coefficient (Wildman–Crippen LogP) is 2.75. The highest BCUT2D eigenvalue weighted by atomic mass is 16.3. The highest BCUT2D eigenvalue weighted by Gasteiger charge is 2.47. The third-order valence-electron chi connectivity index (χ3n) is 5.06. The number of hydrogen-bond acceptors (Lipinski definition) is 2. The van der Waals surface area contributed by atoms with E-state index in [1.165, 1.54) is 0 Å². The van der Waals surface area contributed by atoms with Gasteiger partial charge in [0, 0.05) is 0 Å². The zero-order valence-electron chi connectivity index (χ0n) is 11.5. The van der Waals surface area contributed by atoms with E-state index in [2.05, 4.69) is 19.9 Å². The molecule has 0 saturated heterocycles. The van der Waals surface area contributed by atoms with Gasteiger partial charge in [-0.3, -0.25) is 0 Å². The van der Waals surface area contributed by atoms with E-state index in [1.54, 1.807) is 0 Å². The number of hydrogen-bond donors (Lipinski definition) is 2. The summed E-state index contributed by atoms with van der Waals surface area (Å²) in [7, 11) is 0. The van der Waals surface area contributed by atoms with Crippen molar-refractivity contribution in [2.75, 3.05) is 0 Å². The van der Waals surface area contributed by atoms with E-state index in [9.17, 15) is 10.2 Å². The Balaban J connectivity index is 2.32. The molecule has 0 bridgehead atoms. The van der Waals surface area contributed by atoms with E-state index in [0.717, 1.165) is 24.8 Å². The summed E-state index contributed by atoms with van der Waals surface area (Å²) >= 11 is 0. The van der Waals surface area contributed by atoms with E-state index >= 15 is 0 Å². The van der Waals surface area contributed by atoms with Crippen LogP contribution in [0, 0.1) is 23.7 Å². The smallest absolute Gasteiger partial charge is 0.0751 e. The number of aliphatic hydroxyl groups is 2. The summed E-state index contributed by atoms with van der Waals surface area (Å²) in [4.78, 5) is 0. The van der Waals surface area contributed by atoms with E-state index in [1.807, 2.05) is 13.8 Å². The van der Waals surface area contributed by atoms with Crippen molar-refractivity contribution >= 4 is 0 Å². The highest BCUT2D eigenvalue weighted by molar-refractivity contribution is 5.17. The Morgan fingerprint density at radius 2 is 2.06 bits per heavy atom. The molecular weight excluding hydrogens is 212 g/mol. The van der Waals surface area contributed by atoms with Crippen LogP contribution in [-0.4, -0.2) is 21.9 Å². The second kappa shape index (κ2) is 4.40. The van der Waals surface area contributed by atoms with Gasteiger partial charge in [0.05, 0.1) is 11.7 Å². The fourth-order valence-corrected chi connectivity index (χ4v) is 3.82. The lowest BCUT2D eigenvalue weighted by atomic mass is 9.58. The molecule has 0 unspecified atom stereocenters. The van der Waals surface area contributed by atoms with Gasteiger partial charge >= 0.3 is 0 Å². The molecule has 2 rings (SSSR count). The third kappa shape index (κ3) is 2.30. The van der Waals surface area contributed by atoms with Crippen molar-refractivity contribution in [3.8, 4) is 0 Å². The Morgan fingerprint density at radius 3 is 2.65 bits per heavy atom. The zero-order valence-corrected chi connectivity index (χ0v) is 11.5. The second-order valence-corrected chi connectivity index (χ2v) is 6.65. The molecule has 0 aromatic rings. The van der Waals surface area contributed by atoms with Gasteiger partial charge in [0.1, 0.15) is 0 Å². The largest absolute Gasteiger partial charge is 0.390 e. The molecule has 0 aromatic heterocycles. The molecule has 2 N–H and O–H groups in total. The highest BCUT2D eigenvalue weighted by Crippen LogP contribution is 2.49. The first-order chi connectivity index (χ1) is 7.83. The van der Waals surface area contributed by atoms with Crippen LogP contribution in [0.15, 0.2) is 11.6 Å². The zero-order chi connectivity index (χ0) is 12.8. The van der Waals surface area contributed by atoms with Crippen molar-refractivity contribution in [2.24, 2.45) is 23.7 Å². The Morgan fingerprint density at radius 1 is 1.41 bits per heavy atom. The van der Waals surface area contributed by atoms with Gasteiger partial charge in [0.15, 0.2) is 0 Å². The SMILES string of the molecule is CC1=C[C@H]2[C@@H](C[C@@H]1O)[C@@](C)(O)CC[C@H]2C(C)C. The summed E-state index contributed by atoms with van der Waals surface area (Å²) in [5.74, 6) is 1.98. The van der Waals surface area contributed by atoms with Gasteiger partial charge in [-0.25, -0.2) is 0 Å². The van der Waals surface area contributed by atoms with Crippen LogP contribution in [-0.2, 0) is 0 Å². The Hall–Kier alpha value is -0.340. The minimum absolute atomic E-state index is 0.224. The summed E-state index contributed by atoms with van der Waals surface area (Å²) in [6.07, 6.45) is 4.58. The first-order valence-electron chi connectivity index (χ1n) is 6.91. The molecule has 17 heavy (non-hydrogen) atoms. The molecular formula is C15H26O2. The predicted molar refractivity (Wildman–Crippen MR) is 69.5 cm³/mol. The van der Waals surface area contributed by atoms with Gasteiger partial charge in [-0.2, -0.15) is 0 Å². The molecule has 0 heterocycles. The molecule has 0 radical (unpaired) electrons. The third-order valence-corrected chi connectivity index (χ3v) is 5.06. The van der Waals surface area contributed by atoms with Crippen LogP contribution in [0.3, 0.4) is 0 Å². The van der Waals surface area contributed by atoms with Gasteiger partial charge in [-0.1, -0.05) is 19.9 Å². The van der Waals surface area contributed by atoms with Crippen molar-refractivity contribution in [3.05, 3.63) is 11.6 Å². The molecule has 0 spiro atoms. The lowest BCUT2D eigenvalue weighted by molar-refractivity contribution is -0.0927. The number of aliphatic hydroxyl groups excluding tert-OH is 1. The summed E-state index contributed by atoms with van der Waals surface area (Å²) in [5, 5.41) is 20.5. The fraction of sp³-hybridized carbons (Fsp3) is 0.867. The molecule has 2 aliphatic carbocycles. The van der Waals surface area contributed by atoms with Crippen LogP contribution in [0.2, 0.25) is 0 Å². The minimum atomic E-state index is -0.603. The van der Waals surface area contributed by atoms with Crippen molar-refractivity contribution in [3.63, 3.8) is 0 Å². The van der Waals surface area contributed by atoms with Crippen molar-refractivity contribution < 1.29 is 10.2 Å². The molecule has 2 aliphatic rings. The molecule has 0 amide bonds. The van der Waals surface area contributed by atoms with E-state index in [4.69, 9.17) is 0 Å². The Labute approximate surface area is 105 Å². The summed E-state index contributed by atoms with van der Waals surface area (Å²) in [6, 6.07) is 0. The molecule has 2 nitrogen and oxygen atoms in total. The van der Waals surface area contributed by atoms with Crippen LogP contribution in [0.1, 0.15) is 47.0 Å². The summed E-state index contributed by atoms with van der Waals surface area (Å²) in [5.41, 5.74) is 0.489. The van der Waals surface area contributed by atoms with Gasteiger partial charge in [0.2, 0.25) is 0 Å². The molecule has 0 aliphatic heterocycles. The van der Waals surface area contributed by atoms with E-state index in [-0.39, 0.29) is 12.0 Å². The van der Waals surface area contributed by atoms with Gasteiger partial charge < -0.3 is 10.2 Å².